The Morgan fingerprint density at radius 3 is 2.32 bits per heavy atom. The minimum atomic E-state index is -0.885. The number of carboxylic acid groups (broad SMARTS) is 1. The maximum absolute atomic E-state index is 11.2. The van der Waals surface area contributed by atoms with Crippen molar-refractivity contribution in [3.63, 3.8) is 0 Å². The molecule has 0 aliphatic heterocycles. The summed E-state index contributed by atoms with van der Waals surface area (Å²) in [6.45, 7) is 6.60. The van der Waals surface area contributed by atoms with E-state index in [1.165, 1.54) is 44.9 Å². The minimum Gasteiger partial charge on any atom is -0.480 e. The molecule has 0 aromatic heterocycles. The third-order valence-electron chi connectivity index (χ3n) is 4.22. The van der Waals surface area contributed by atoms with Crippen molar-refractivity contribution in [1.29, 1.82) is 0 Å². The SMILES string of the molecule is CCCCCCCCCC(C)C(C)NC(CN=C=S)C(=O)O. The molecule has 3 atom stereocenters. The Labute approximate surface area is 140 Å². The predicted octanol–water partition coefficient (Wildman–Crippen LogP) is 4.30. The number of unbranched alkanes of at least 4 members (excludes halogenated alkanes) is 6. The number of nitrogens with one attached hydrogen (secondary N) is 1. The van der Waals surface area contributed by atoms with Crippen LogP contribution in [-0.2, 0) is 4.79 Å². The van der Waals surface area contributed by atoms with Gasteiger partial charge in [-0.25, -0.2) is 4.99 Å². The average molecular weight is 329 g/mol. The van der Waals surface area contributed by atoms with E-state index in [0.717, 1.165) is 6.42 Å². The van der Waals surface area contributed by atoms with Crippen molar-refractivity contribution in [2.45, 2.75) is 84.2 Å². The van der Waals surface area contributed by atoms with Gasteiger partial charge in [-0.3, -0.25) is 4.79 Å². The zero-order valence-corrected chi connectivity index (χ0v) is 15.1. The summed E-state index contributed by atoms with van der Waals surface area (Å²) in [6.07, 6.45) is 10.3. The fourth-order valence-corrected chi connectivity index (χ4v) is 2.56. The van der Waals surface area contributed by atoms with Gasteiger partial charge in [-0.15, -0.1) is 0 Å². The Morgan fingerprint density at radius 1 is 1.18 bits per heavy atom. The van der Waals surface area contributed by atoms with Gasteiger partial charge in [0.2, 0.25) is 0 Å². The van der Waals surface area contributed by atoms with Crippen molar-refractivity contribution in [3.8, 4) is 0 Å². The minimum absolute atomic E-state index is 0.146. The Bertz CT molecular complexity index is 344. The van der Waals surface area contributed by atoms with Gasteiger partial charge in [0.25, 0.3) is 0 Å². The van der Waals surface area contributed by atoms with Crippen LogP contribution in [0.2, 0.25) is 0 Å². The lowest BCUT2D eigenvalue weighted by Gasteiger charge is -2.24. The Hall–Kier alpha value is -0.770. The second-order valence-corrected chi connectivity index (χ2v) is 6.35. The molecule has 0 aliphatic carbocycles. The summed E-state index contributed by atoms with van der Waals surface area (Å²) in [5, 5.41) is 14.5. The molecule has 0 aliphatic rings. The van der Waals surface area contributed by atoms with Gasteiger partial charge < -0.3 is 10.4 Å². The summed E-state index contributed by atoms with van der Waals surface area (Å²) in [7, 11) is 0. The molecule has 0 saturated heterocycles. The van der Waals surface area contributed by atoms with Gasteiger partial charge in [-0.2, -0.15) is 0 Å². The Kier molecular flexibility index (Phi) is 13.4. The zero-order valence-electron chi connectivity index (χ0n) is 14.3. The number of aliphatic carboxylic acids is 1. The first kappa shape index (κ1) is 21.2. The lowest BCUT2D eigenvalue weighted by Crippen LogP contribution is -2.46. The van der Waals surface area contributed by atoms with Crippen molar-refractivity contribution in [2.24, 2.45) is 10.9 Å². The third kappa shape index (κ3) is 10.9. The van der Waals surface area contributed by atoms with Crippen molar-refractivity contribution >= 4 is 23.3 Å². The van der Waals surface area contributed by atoms with Crippen LogP contribution in [-0.4, -0.2) is 34.9 Å². The average Bonchev–Trinajstić information content (AvgIpc) is 2.49. The van der Waals surface area contributed by atoms with E-state index in [0.29, 0.717) is 5.92 Å². The van der Waals surface area contributed by atoms with Gasteiger partial charge in [-0.05, 0) is 31.5 Å². The number of carbonyl (C=O) groups is 1. The van der Waals surface area contributed by atoms with Gasteiger partial charge in [0.1, 0.15) is 6.04 Å². The number of rotatable bonds is 14. The lowest BCUT2D eigenvalue weighted by atomic mass is 9.95. The molecule has 22 heavy (non-hydrogen) atoms. The van der Waals surface area contributed by atoms with E-state index < -0.39 is 12.0 Å². The number of hydrogen-bond acceptors (Lipinski definition) is 4. The molecule has 4 nitrogen and oxygen atoms in total. The molecule has 3 unspecified atom stereocenters. The van der Waals surface area contributed by atoms with E-state index in [2.05, 4.69) is 41.5 Å². The molecule has 0 rings (SSSR count). The van der Waals surface area contributed by atoms with E-state index in [1.807, 2.05) is 6.92 Å². The lowest BCUT2D eigenvalue weighted by molar-refractivity contribution is -0.139. The number of nitrogens with zero attached hydrogens (tertiary/aromatic N) is 1. The van der Waals surface area contributed by atoms with Gasteiger partial charge in [-0.1, -0.05) is 58.8 Å². The molecule has 128 valence electrons. The first-order valence-corrected chi connectivity index (χ1v) is 8.96. The van der Waals surface area contributed by atoms with Gasteiger partial charge in [0, 0.05) is 6.04 Å². The highest BCUT2D eigenvalue weighted by Crippen LogP contribution is 2.15. The number of aliphatic imine (C=N–C) groups is 1. The zero-order chi connectivity index (χ0) is 16.8. The van der Waals surface area contributed by atoms with Crippen molar-refractivity contribution < 1.29 is 9.90 Å². The van der Waals surface area contributed by atoms with Crippen LogP contribution >= 0.6 is 12.2 Å². The summed E-state index contributed by atoms with van der Waals surface area (Å²) in [5.74, 6) is -0.432. The predicted molar refractivity (Wildman–Crippen MR) is 95.7 cm³/mol. The van der Waals surface area contributed by atoms with Crippen LogP contribution in [0, 0.1) is 5.92 Å². The van der Waals surface area contributed by atoms with Crippen LogP contribution in [0.3, 0.4) is 0 Å². The number of hydrogen-bond donors (Lipinski definition) is 2. The van der Waals surface area contributed by atoms with Gasteiger partial charge in [0.15, 0.2) is 0 Å². The summed E-state index contributed by atoms with van der Waals surface area (Å²) in [4.78, 5) is 14.9. The summed E-state index contributed by atoms with van der Waals surface area (Å²) < 4.78 is 0. The largest absolute Gasteiger partial charge is 0.480 e. The van der Waals surface area contributed by atoms with Gasteiger partial charge in [0.05, 0.1) is 11.7 Å². The highest BCUT2D eigenvalue weighted by atomic mass is 32.1. The van der Waals surface area contributed by atoms with E-state index in [4.69, 9.17) is 5.11 Å². The Balaban J connectivity index is 3.91. The molecule has 0 aromatic carbocycles. The van der Waals surface area contributed by atoms with Crippen LogP contribution < -0.4 is 5.32 Å². The molecular formula is C17H32N2O2S. The van der Waals surface area contributed by atoms with Crippen LogP contribution in [0.5, 0.6) is 0 Å². The fraction of sp³-hybridized carbons (Fsp3) is 0.882. The van der Waals surface area contributed by atoms with Crippen molar-refractivity contribution in [2.75, 3.05) is 6.54 Å². The molecule has 0 amide bonds. The molecule has 0 aromatic rings. The molecule has 0 saturated carbocycles. The monoisotopic (exact) mass is 328 g/mol. The van der Waals surface area contributed by atoms with E-state index in [-0.39, 0.29) is 12.6 Å². The van der Waals surface area contributed by atoms with Gasteiger partial charge >= 0.3 is 5.97 Å². The quantitative estimate of drug-likeness (QED) is 0.283. The molecular weight excluding hydrogens is 296 g/mol. The first-order chi connectivity index (χ1) is 10.5. The summed E-state index contributed by atoms with van der Waals surface area (Å²) in [6, 6.07) is -0.525. The smallest absolute Gasteiger partial charge is 0.322 e. The van der Waals surface area contributed by atoms with Crippen LogP contribution in [0.1, 0.15) is 72.1 Å². The molecule has 0 radical (unpaired) electrons. The van der Waals surface area contributed by atoms with Crippen LogP contribution in [0.4, 0.5) is 0 Å². The second kappa shape index (κ2) is 13.9. The standard InChI is InChI=1S/C17H32N2O2S/c1-4-5-6-7-8-9-10-11-14(2)15(3)19-16(17(20)21)12-18-13-22/h14-16,19H,4-12H2,1-3H3,(H,20,21). The normalized spacial score (nSPS) is 14.9. The Morgan fingerprint density at radius 2 is 1.77 bits per heavy atom. The maximum atomic E-state index is 11.2. The molecule has 0 heterocycles. The number of isothiocyanates is 1. The summed E-state index contributed by atoms with van der Waals surface area (Å²) in [5.41, 5.74) is 0. The highest BCUT2D eigenvalue weighted by molar-refractivity contribution is 7.78. The number of thiocarbonyl (C=S) groups is 1. The first-order valence-electron chi connectivity index (χ1n) is 8.55. The van der Waals surface area contributed by atoms with E-state index in [1.54, 1.807) is 0 Å². The molecule has 5 heteroatoms. The molecule has 0 spiro atoms. The second-order valence-electron chi connectivity index (χ2n) is 6.17. The molecule has 2 N–H and O–H groups in total. The molecule has 0 fully saturated rings. The highest BCUT2D eigenvalue weighted by Gasteiger charge is 2.21. The van der Waals surface area contributed by atoms with Crippen molar-refractivity contribution in [1.82, 2.24) is 5.32 Å². The van der Waals surface area contributed by atoms with E-state index in [9.17, 15) is 4.79 Å². The summed E-state index contributed by atoms with van der Waals surface area (Å²) >= 11 is 4.49. The van der Waals surface area contributed by atoms with Crippen LogP contribution in [0.25, 0.3) is 0 Å². The van der Waals surface area contributed by atoms with Crippen molar-refractivity contribution in [3.05, 3.63) is 0 Å². The number of carboxylic acids is 1. The third-order valence-corrected chi connectivity index (χ3v) is 4.35. The van der Waals surface area contributed by atoms with Crippen LogP contribution in [0.15, 0.2) is 4.99 Å². The fourth-order valence-electron chi connectivity index (χ4n) is 2.49. The maximum Gasteiger partial charge on any atom is 0.322 e. The van der Waals surface area contributed by atoms with E-state index >= 15 is 0 Å². The molecule has 0 bridgehead atoms. The topological polar surface area (TPSA) is 61.7 Å².